The van der Waals surface area contributed by atoms with Crippen LogP contribution in [-0.2, 0) is 4.79 Å². The fraction of sp³-hybridized carbons (Fsp3) is 0.815. The molecule has 2 saturated heterocycles. The summed E-state index contributed by atoms with van der Waals surface area (Å²) in [5.41, 5.74) is 5.62. The summed E-state index contributed by atoms with van der Waals surface area (Å²) in [6.07, 6.45) is 18.3. The van der Waals surface area contributed by atoms with Gasteiger partial charge >= 0.3 is 0 Å². The molecule has 8 heteroatoms. The van der Waals surface area contributed by atoms with E-state index in [0.29, 0.717) is 31.5 Å². The van der Waals surface area contributed by atoms with Crippen LogP contribution in [0.3, 0.4) is 0 Å². The summed E-state index contributed by atoms with van der Waals surface area (Å²) < 4.78 is 0. The minimum atomic E-state index is 0.133. The van der Waals surface area contributed by atoms with E-state index in [4.69, 9.17) is 10.7 Å². The van der Waals surface area contributed by atoms with E-state index in [1.165, 1.54) is 64.2 Å². The van der Waals surface area contributed by atoms with Crippen molar-refractivity contribution in [1.82, 2.24) is 20.2 Å². The minimum absolute atomic E-state index is 0.133. The van der Waals surface area contributed by atoms with Crippen molar-refractivity contribution >= 4 is 17.7 Å². The molecule has 1 saturated carbocycles. The van der Waals surface area contributed by atoms with Crippen LogP contribution in [0.4, 0.5) is 11.8 Å². The monoisotopic (exact) mass is 485 g/mol. The lowest BCUT2D eigenvalue weighted by atomic mass is 9.87. The molecule has 8 nitrogen and oxygen atoms in total. The second-order valence-electron chi connectivity index (χ2n) is 10.7. The van der Waals surface area contributed by atoms with Gasteiger partial charge in [-0.05, 0) is 64.1 Å². The van der Waals surface area contributed by atoms with Crippen LogP contribution in [0.25, 0.3) is 0 Å². The van der Waals surface area contributed by atoms with Crippen molar-refractivity contribution in [1.29, 1.82) is 0 Å². The third-order valence-corrected chi connectivity index (χ3v) is 8.10. The van der Waals surface area contributed by atoms with Crippen LogP contribution in [0, 0.1) is 0 Å². The molecule has 1 aliphatic carbocycles. The SMILES string of the molecule is NCCCNC(=O)C[C@@H]1[C@@H](Nc2nccc(N3CCCCCCC3)n2)CCCN1C1CCCCC1. The summed E-state index contributed by atoms with van der Waals surface area (Å²) in [6.45, 7) is 4.48. The van der Waals surface area contributed by atoms with Gasteiger partial charge in [0.2, 0.25) is 11.9 Å². The van der Waals surface area contributed by atoms with Crippen LogP contribution < -0.4 is 21.3 Å². The Labute approximate surface area is 211 Å². The maximum Gasteiger partial charge on any atom is 0.224 e. The summed E-state index contributed by atoms with van der Waals surface area (Å²) >= 11 is 0. The van der Waals surface area contributed by atoms with Gasteiger partial charge in [0, 0.05) is 50.4 Å². The lowest BCUT2D eigenvalue weighted by molar-refractivity contribution is -0.123. The van der Waals surface area contributed by atoms with E-state index < -0.39 is 0 Å². The molecule has 3 aliphatic rings. The van der Waals surface area contributed by atoms with Crippen LogP contribution in [-0.4, -0.2) is 71.6 Å². The first-order valence-electron chi connectivity index (χ1n) is 14.3. The maximum atomic E-state index is 12.9. The fourth-order valence-corrected chi connectivity index (χ4v) is 6.21. The van der Waals surface area contributed by atoms with Gasteiger partial charge in [0.05, 0.1) is 0 Å². The second kappa shape index (κ2) is 14.0. The van der Waals surface area contributed by atoms with Crippen LogP contribution >= 0.6 is 0 Å². The molecule has 3 heterocycles. The largest absolute Gasteiger partial charge is 0.356 e. The van der Waals surface area contributed by atoms with Gasteiger partial charge in [0.1, 0.15) is 5.82 Å². The molecule has 4 N–H and O–H groups in total. The van der Waals surface area contributed by atoms with E-state index in [0.717, 1.165) is 44.7 Å². The van der Waals surface area contributed by atoms with E-state index in [1.807, 2.05) is 12.3 Å². The molecule has 4 rings (SSSR count). The lowest BCUT2D eigenvalue weighted by Gasteiger charge is -2.46. The molecule has 0 aromatic carbocycles. The Hall–Kier alpha value is -1.93. The van der Waals surface area contributed by atoms with Crippen LogP contribution in [0.1, 0.15) is 89.9 Å². The Morgan fingerprint density at radius 2 is 1.71 bits per heavy atom. The van der Waals surface area contributed by atoms with Gasteiger partial charge in [-0.25, -0.2) is 4.98 Å². The predicted molar refractivity (Wildman–Crippen MR) is 143 cm³/mol. The highest BCUT2D eigenvalue weighted by Crippen LogP contribution is 2.31. The molecule has 1 aromatic rings. The number of anilines is 2. The highest BCUT2D eigenvalue weighted by Gasteiger charge is 2.37. The molecule has 0 unspecified atom stereocenters. The number of likely N-dealkylation sites (tertiary alicyclic amines) is 1. The normalized spacial score (nSPS) is 25.0. The molecule has 2 aliphatic heterocycles. The molecule has 3 fully saturated rings. The number of hydrogen-bond donors (Lipinski definition) is 3. The first-order chi connectivity index (χ1) is 17.2. The number of rotatable bonds is 9. The quantitative estimate of drug-likeness (QED) is 0.459. The number of amides is 1. The van der Waals surface area contributed by atoms with E-state index in [2.05, 4.69) is 25.4 Å². The summed E-state index contributed by atoms with van der Waals surface area (Å²) in [5, 5.41) is 6.78. The highest BCUT2D eigenvalue weighted by molar-refractivity contribution is 5.76. The molecule has 0 spiro atoms. The van der Waals surface area contributed by atoms with Gasteiger partial charge in [-0.1, -0.05) is 38.5 Å². The van der Waals surface area contributed by atoms with Gasteiger partial charge in [-0.3, -0.25) is 9.69 Å². The molecule has 2 atom stereocenters. The van der Waals surface area contributed by atoms with Crippen molar-refractivity contribution < 1.29 is 4.79 Å². The average Bonchev–Trinajstić information content (AvgIpc) is 2.86. The smallest absolute Gasteiger partial charge is 0.224 e. The first kappa shape index (κ1) is 26.1. The van der Waals surface area contributed by atoms with E-state index in [1.54, 1.807) is 0 Å². The van der Waals surface area contributed by atoms with Crippen molar-refractivity contribution in [3.05, 3.63) is 12.3 Å². The minimum Gasteiger partial charge on any atom is -0.356 e. The number of nitrogens with two attached hydrogens (primary N) is 1. The van der Waals surface area contributed by atoms with Crippen LogP contribution in [0.5, 0.6) is 0 Å². The van der Waals surface area contributed by atoms with Crippen LogP contribution in [0.15, 0.2) is 12.3 Å². The zero-order chi connectivity index (χ0) is 24.3. The third kappa shape index (κ3) is 7.78. The Balaban J connectivity index is 1.46. The van der Waals surface area contributed by atoms with E-state index in [-0.39, 0.29) is 18.0 Å². The molecule has 196 valence electrons. The Morgan fingerprint density at radius 1 is 0.971 bits per heavy atom. The fourth-order valence-electron chi connectivity index (χ4n) is 6.21. The molecule has 1 aromatic heterocycles. The van der Waals surface area contributed by atoms with Crippen molar-refractivity contribution in [2.45, 2.75) is 108 Å². The number of piperidine rings is 1. The Bertz CT molecular complexity index is 762. The number of aromatic nitrogens is 2. The molecule has 0 bridgehead atoms. The lowest BCUT2D eigenvalue weighted by Crippen LogP contribution is -2.57. The number of carbonyl (C=O) groups is 1. The van der Waals surface area contributed by atoms with Crippen molar-refractivity contribution in [2.75, 3.05) is 42.9 Å². The number of nitrogens with one attached hydrogen (secondary N) is 2. The zero-order valence-corrected chi connectivity index (χ0v) is 21.6. The second-order valence-corrected chi connectivity index (χ2v) is 10.7. The van der Waals surface area contributed by atoms with Gasteiger partial charge in [0.25, 0.3) is 0 Å². The number of hydrogen-bond acceptors (Lipinski definition) is 7. The number of nitrogens with zero attached hydrogens (tertiary/aromatic N) is 4. The predicted octanol–water partition coefficient (Wildman–Crippen LogP) is 3.68. The van der Waals surface area contributed by atoms with Gasteiger partial charge in [-0.15, -0.1) is 0 Å². The molecule has 1 amide bonds. The molecule has 0 radical (unpaired) electrons. The first-order valence-corrected chi connectivity index (χ1v) is 14.3. The van der Waals surface area contributed by atoms with Crippen molar-refractivity contribution in [3.8, 4) is 0 Å². The van der Waals surface area contributed by atoms with E-state index in [9.17, 15) is 4.79 Å². The zero-order valence-electron chi connectivity index (χ0n) is 21.6. The maximum absolute atomic E-state index is 12.9. The molecule has 35 heavy (non-hydrogen) atoms. The topological polar surface area (TPSA) is 99.4 Å². The molecular formula is C27H47N7O. The Kier molecular flexibility index (Phi) is 10.4. The van der Waals surface area contributed by atoms with E-state index >= 15 is 0 Å². The van der Waals surface area contributed by atoms with Crippen LogP contribution in [0.2, 0.25) is 0 Å². The Morgan fingerprint density at radius 3 is 2.49 bits per heavy atom. The van der Waals surface area contributed by atoms with Gasteiger partial charge < -0.3 is 21.3 Å². The van der Waals surface area contributed by atoms with Gasteiger partial charge in [-0.2, -0.15) is 4.98 Å². The highest BCUT2D eigenvalue weighted by atomic mass is 16.1. The third-order valence-electron chi connectivity index (χ3n) is 8.10. The molecular weight excluding hydrogens is 438 g/mol. The summed E-state index contributed by atoms with van der Waals surface area (Å²) in [4.78, 5) is 27.5. The number of carbonyl (C=O) groups excluding carboxylic acids is 1. The average molecular weight is 486 g/mol. The standard InChI is InChI=1S/C27H47N7O/c28-15-10-16-29-26(35)21-24-23(13-9-20-34(24)22-11-5-4-6-12-22)31-27-30-17-14-25(32-27)33-18-7-2-1-3-8-19-33/h14,17,22-24H,1-13,15-16,18-21,28H2,(H,29,35)(H,30,31,32)/t23-,24+/m0/s1. The summed E-state index contributed by atoms with van der Waals surface area (Å²) in [5.74, 6) is 1.86. The van der Waals surface area contributed by atoms with Crippen molar-refractivity contribution in [3.63, 3.8) is 0 Å². The van der Waals surface area contributed by atoms with Crippen molar-refractivity contribution in [2.24, 2.45) is 5.73 Å². The summed E-state index contributed by atoms with van der Waals surface area (Å²) in [7, 11) is 0. The summed E-state index contributed by atoms with van der Waals surface area (Å²) in [6, 6.07) is 2.97. The van der Waals surface area contributed by atoms with Gasteiger partial charge in [0.15, 0.2) is 0 Å².